The van der Waals surface area contributed by atoms with Gasteiger partial charge in [-0.2, -0.15) is 0 Å². The van der Waals surface area contributed by atoms with Crippen LogP contribution >= 0.6 is 11.6 Å². The number of amides is 1. The van der Waals surface area contributed by atoms with Gasteiger partial charge in [-0.3, -0.25) is 9.59 Å². The predicted molar refractivity (Wildman–Crippen MR) is 93.4 cm³/mol. The highest BCUT2D eigenvalue weighted by Gasteiger charge is 2.50. The smallest absolute Gasteiger partial charge is 0.264 e. The number of para-hydroxylation sites is 1. The van der Waals surface area contributed by atoms with E-state index < -0.39 is 11.5 Å². The molecule has 0 spiro atoms. The molecule has 1 atom stereocenters. The Morgan fingerprint density at radius 3 is 2.54 bits per heavy atom. The monoisotopic (exact) mass is 343 g/mol. The van der Waals surface area contributed by atoms with Crippen molar-refractivity contribution in [1.82, 2.24) is 0 Å². The fourth-order valence-corrected chi connectivity index (χ4v) is 3.38. The second-order valence-corrected chi connectivity index (χ2v) is 6.32. The molecule has 0 aliphatic carbocycles. The van der Waals surface area contributed by atoms with E-state index in [4.69, 9.17) is 11.6 Å². The SMILES string of the molecule is CCCN1C(=O)C(O)(CC(=O)c2ccccc2Cl)c2ccccc21. The molecule has 2 aromatic rings. The first-order chi connectivity index (χ1) is 11.5. The van der Waals surface area contributed by atoms with Gasteiger partial charge in [0.15, 0.2) is 11.4 Å². The maximum atomic E-state index is 12.8. The van der Waals surface area contributed by atoms with Gasteiger partial charge in [0.2, 0.25) is 0 Å². The van der Waals surface area contributed by atoms with Crippen molar-refractivity contribution in [2.24, 2.45) is 0 Å². The number of carbonyl (C=O) groups is 2. The lowest BCUT2D eigenvalue weighted by Crippen LogP contribution is -2.42. The molecule has 0 radical (unpaired) electrons. The standard InChI is InChI=1S/C19H18ClNO3/c1-2-11-21-16-10-6-4-8-14(16)19(24,18(21)23)12-17(22)13-7-3-5-9-15(13)20/h3-10,24H,2,11-12H2,1H3. The van der Waals surface area contributed by atoms with E-state index in [1.165, 1.54) is 0 Å². The lowest BCUT2D eigenvalue weighted by atomic mass is 9.88. The molecule has 1 aliphatic rings. The summed E-state index contributed by atoms with van der Waals surface area (Å²) >= 11 is 6.07. The van der Waals surface area contributed by atoms with Crippen LogP contribution in [0.15, 0.2) is 48.5 Å². The molecular formula is C19H18ClNO3. The molecule has 1 unspecified atom stereocenters. The lowest BCUT2D eigenvalue weighted by molar-refractivity contribution is -0.135. The van der Waals surface area contributed by atoms with E-state index in [9.17, 15) is 14.7 Å². The molecule has 1 heterocycles. The van der Waals surface area contributed by atoms with Crippen molar-refractivity contribution in [1.29, 1.82) is 0 Å². The van der Waals surface area contributed by atoms with Gasteiger partial charge >= 0.3 is 0 Å². The number of ketones is 1. The Balaban J connectivity index is 1.99. The number of nitrogens with zero attached hydrogens (tertiary/aromatic N) is 1. The number of benzene rings is 2. The van der Waals surface area contributed by atoms with Crippen LogP contribution in [0.5, 0.6) is 0 Å². The van der Waals surface area contributed by atoms with Gasteiger partial charge in [0, 0.05) is 17.7 Å². The molecule has 0 bridgehead atoms. The van der Waals surface area contributed by atoms with Crippen LogP contribution in [0.3, 0.4) is 0 Å². The molecule has 124 valence electrons. The van der Waals surface area contributed by atoms with E-state index in [0.717, 1.165) is 6.42 Å². The van der Waals surface area contributed by atoms with E-state index in [1.54, 1.807) is 47.4 Å². The van der Waals surface area contributed by atoms with Crippen molar-refractivity contribution < 1.29 is 14.7 Å². The summed E-state index contributed by atoms with van der Waals surface area (Å²) in [5.74, 6) is -0.810. The number of rotatable bonds is 5. The molecule has 0 saturated carbocycles. The third-order valence-corrected chi connectivity index (χ3v) is 4.61. The Hall–Kier alpha value is -2.17. The molecule has 3 rings (SSSR count). The number of carbonyl (C=O) groups excluding carboxylic acids is 2. The highest BCUT2D eigenvalue weighted by atomic mass is 35.5. The van der Waals surface area contributed by atoms with E-state index >= 15 is 0 Å². The third kappa shape index (κ3) is 2.62. The molecule has 0 saturated heterocycles. The van der Waals surface area contributed by atoms with Gasteiger partial charge in [0.05, 0.1) is 17.1 Å². The number of Topliss-reactive ketones (excluding diaryl/α,β-unsaturated/α-hetero) is 1. The van der Waals surface area contributed by atoms with Crippen LogP contribution in [0.4, 0.5) is 5.69 Å². The fourth-order valence-electron chi connectivity index (χ4n) is 3.14. The second kappa shape index (κ2) is 6.38. The minimum atomic E-state index is -1.85. The Morgan fingerprint density at radius 2 is 1.83 bits per heavy atom. The number of hydrogen-bond acceptors (Lipinski definition) is 3. The molecule has 1 N–H and O–H groups in total. The Labute approximate surface area is 145 Å². The van der Waals surface area contributed by atoms with Gasteiger partial charge in [-0.05, 0) is 24.6 Å². The molecule has 1 aliphatic heterocycles. The molecular weight excluding hydrogens is 326 g/mol. The zero-order chi connectivity index (χ0) is 17.3. The highest BCUT2D eigenvalue weighted by molar-refractivity contribution is 6.34. The Kier molecular flexibility index (Phi) is 4.43. The lowest BCUT2D eigenvalue weighted by Gasteiger charge is -2.22. The van der Waals surface area contributed by atoms with Gasteiger partial charge < -0.3 is 10.0 Å². The highest BCUT2D eigenvalue weighted by Crippen LogP contribution is 2.43. The normalized spacial score (nSPS) is 19.5. The summed E-state index contributed by atoms with van der Waals surface area (Å²) in [6, 6.07) is 13.7. The van der Waals surface area contributed by atoms with Crippen LogP contribution in [0.25, 0.3) is 0 Å². The molecule has 24 heavy (non-hydrogen) atoms. The fraction of sp³-hybridized carbons (Fsp3) is 0.263. The van der Waals surface area contributed by atoms with Crippen molar-refractivity contribution in [3.8, 4) is 0 Å². The molecule has 0 aromatic heterocycles. The van der Waals surface area contributed by atoms with Gasteiger partial charge in [-0.15, -0.1) is 0 Å². The van der Waals surface area contributed by atoms with Crippen LogP contribution in [0, 0.1) is 0 Å². The van der Waals surface area contributed by atoms with E-state index in [0.29, 0.717) is 28.4 Å². The molecule has 2 aromatic carbocycles. The van der Waals surface area contributed by atoms with Crippen LogP contribution < -0.4 is 4.90 Å². The van der Waals surface area contributed by atoms with Crippen molar-refractivity contribution in [3.63, 3.8) is 0 Å². The minimum Gasteiger partial charge on any atom is -0.375 e. The first-order valence-electron chi connectivity index (χ1n) is 7.90. The van der Waals surface area contributed by atoms with E-state index in [1.807, 2.05) is 13.0 Å². The van der Waals surface area contributed by atoms with Gasteiger partial charge in [-0.1, -0.05) is 48.9 Å². The third-order valence-electron chi connectivity index (χ3n) is 4.28. The second-order valence-electron chi connectivity index (χ2n) is 5.91. The van der Waals surface area contributed by atoms with Crippen LogP contribution in [-0.4, -0.2) is 23.3 Å². The van der Waals surface area contributed by atoms with E-state index in [2.05, 4.69) is 0 Å². The molecule has 4 nitrogen and oxygen atoms in total. The molecule has 1 amide bonds. The maximum absolute atomic E-state index is 12.8. The molecule has 5 heteroatoms. The largest absolute Gasteiger partial charge is 0.375 e. The summed E-state index contributed by atoms with van der Waals surface area (Å²) in [6.07, 6.45) is 0.432. The van der Waals surface area contributed by atoms with Gasteiger partial charge in [-0.25, -0.2) is 0 Å². The number of halogens is 1. The molecule has 0 fully saturated rings. The first kappa shape index (κ1) is 16.7. The maximum Gasteiger partial charge on any atom is 0.264 e. The average Bonchev–Trinajstić information content (AvgIpc) is 2.78. The van der Waals surface area contributed by atoms with Crippen molar-refractivity contribution in [2.45, 2.75) is 25.4 Å². The zero-order valence-corrected chi connectivity index (χ0v) is 14.1. The number of anilines is 1. The average molecular weight is 344 g/mol. The van der Waals surface area contributed by atoms with Crippen LogP contribution in [-0.2, 0) is 10.4 Å². The summed E-state index contributed by atoms with van der Waals surface area (Å²) in [5.41, 5.74) is -0.392. The number of hydrogen-bond donors (Lipinski definition) is 1. The summed E-state index contributed by atoms with van der Waals surface area (Å²) in [5, 5.41) is 11.4. The summed E-state index contributed by atoms with van der Waals surface area (Å²) in [6.45, 7) is 2.46. The topological polar surface area (TPSA) is 57.6 Å². The quantitative estimate of drug-likeness (QED) is 0.844. The zero-order valence-electron chi connectivity index (χ0n) is 13.3. The Morgan fingerprint density at radius 1 is 1.17 bits per heavy atom. The summed E-state index contributed by atoms with van der Waals surface area (Å²) in [7, 11) is 0. The van der Waals surface area contributed by atoms with Crippen molar-refractivity contribution in [2.75, 3.05) is 11.4 Å². The van der Waals surface area contributed by atoms with Crippen molar-refractivity contribution in [3.05, 3.63) is 64.7 Å². The van der Waals surface area contributed by atoms with Crippen molar-refractivity contribution >= 4 is 29.0 Å². The predicted octanol–water partition coefficient (Wildman–Crippen LogP) is 3.56. The van der Waals surface area contributed by atoms with E-state index in [-0.39, 0.29) is 12.2 Å². The van der Waals surface area contributed by atoms with Crippen LogP contribution in [0.1, 0.15) is 35.7 Å². The van der Waals surface area contributed by atoms with Crippen LogP contribution in [0.2, 0.25) is 5.02 Å². The first-order valence-corrected chi connectivity index (χ1v) is 8.28. The number of fused-ring (bicyclic) bond motifs is 1. The minimum absolute atomic E-state index is 0.312. The summed E-state index contributed by atoms with van der Waals surface area (Å²) in [4.78, 5) is 27.0. The Bertz CT molecular complexity index is 805. The van der Waals surface area contributed by atoms with Gasteiger partial charge in [0.25, 0.3) is 5.91 Å². The summed E-state index contributed by atoms with van der Waals surface area (Å²) < 4.78 is 0. The number of aliphatic hydroxyl groups is 1. The van der Waals surface area contributed by atoms with Gasteiger partial charge in [0.1, 0.15) is 0 Å².